The number of nitrogens with zero attached hydrogens (tertiary/aromatic N) is 1. The Kier molecular flexibility index (Phi) is 6.06. The highest BCUT2D eigenvalue weighted by atomic mass is 16.5. The number of ether oxygens (including phenoxy) is 2. The third-order valence-corrected chi connectivity index (χ3v) is 4.52. The summed E-state index contributed by atoms with van der Waals surface area (Å²) in [5, 5.41) is 9.02. The second kappa shape index (κ2) is 7.87. The molecule has 0 aliphatic carbocycles. The number of carbonyl (C=O) groups is 2. The summed E-state index contributed by atoms with van der Waals surface area (Å²) in [6, 6.07) is 7.34. The summed E-state index contributed by atoms with van der Waals surface area (Å²) in [5.41, 5.74) is 1.25. The number of carboxylic acids is 1. The molecule has 0 spiro atoms. The molecule has 25 heavy (non-hydrogen) atoms. The van der Waals surface area contributed by atoms with Crippen molar-refractivity contribution in [1.29, 1.82) is 0 Å². The number of aliphatic carboxylic acids is 1. The number of likely N-dealkylation sites (tertiary alicyclic amines) is 1. The van der Waals surface area contributed by atoms with Crippen LogP contribution in [0.2, 0.25) is 0 Å². The predicted octanol–water partition coefficient (Wildman–Crippen LogP) is 2.45. The molecule has 6 nitrogen and oxygen atoms in total. The van der Waals surface area contributed by atoms with Gasteiger partial charge in [-0.25, -0.2) is 0 Å². The molecule has 1 fully saturated rings. The van der Waals surface area contributed by atoms with E-state index >= 15 is 0 Å². The average Bonchev–Trinajstić information content (AvgIpc) is 2.94. The van der Waals surface area contributed by atoms with Crippen LogP contribution in [0.5, 0.6) is 5.75 Å². The Bertz CT molecular complexity index is 605. The number of hydrogen-bond acceptors (Lipinski definition) is 4. The van der Waals surface area contributed by atoms with Crippen LogP contribution in [-0.4, -0.2) is 54.3 Å². The molecule has 1 aliphatic heterocycles. The summed E-state index contributed by atoms with van der Waals surface area (Å²) in [6.07, 6.45) is 0.333. The first-order valence-corrected chi connectivity index (χ1v) is 8.48. The Morgan fingerprint density at radius 2 is 1.88 bits per heavy atom. The quantitative estimate of drug-likeness (QED) is 0.854. The first-order valence-electron chi connectivity index (χ1n) is 8.48. The zero-order valence-corrected chi connectivity index (χ0v) is 15.3. The van der Waals surface area contributed by atoms with Crippen LogP contribution in [0.25, 0.3) is 0 Å². The number of benzene rings is 1. The van der Waals surface area contributed by atoms with Gasteiger partial charge in [0.05, 0.1) is 12.5 Å². The fourth-order valence-corrected chi connectivity index (χ4v) is 3.02. The fourth-order valence-electron chi connectivity index (χ4n) is 3.02. The summed E-state index contributed by atoms with van der Waals surface area (Å²) < 4.78 is 10.9. The van der Waals surface area contributed by atoms with Crippen LogP contribution in [0, 0.1) is 0 Å². The van der Waals surface area contributed by atoms with E-state index in [1.54, 1.807) is 12.0 Å². The van der Waals surface area contributed by atoms with E-state index in [1.165, 1.54) is 5.56 Å². The van der Waals surface area contributed by atoms with Crippen LogP contribution in [-0.2, 0) is 19.7 Å². The molecule has 1 amide bonds. The van der Waals surface area contributed by atoms with E-state index in [-0.39, 0.29) is 36.5 Å². The molecule has 1 heterocycles. The summed E-state index contributed by atoms with van der Waals surface area (Å²) in [7, 11) is 1.57. The van der Waals surface area contributed by atoms with Crippen LogP contribution < -0.4 is 4.74 Å². The molecule has 2 unspecified atom stereocenters. The van der Waals surface area contributed by atoms with Gasteiger partial charge in [0.1, 0.15) is 5.75 Å². The molecule has 1 aliphatic rings. The number of rotatable bonds is 6. The molecule has 1 aromatic carbocycles. The maximum atomic E-state index is 12.5. The van der Waals surface area contributed by atoms with Gasteiger partial charge in [-0.15, -0.1) is 0 Å². The minimum absolute atomic E-state index is 0.0586. The lowest BCUT2D eigenvalue weighted by Gasteiger charge is -2.23. The van der Waals surface area contributed by atoms with Crippen LogP contribution in [0.4, 0.5) is 0 Å². The molecular weight excluding hydrogens is 322 g/mol. The van der Waals surface area contributed by atoms with Crippen molar-refractivity contribution in [3.8, 4) is 5.75 Å². The van der Waals surface area contributed by atoms with Crippen LogP contribution >= 0.6 is 0 Å². The standard InChI is InChI=1S/C19H27NO5/c1-19(2,3)13-5-7-15(8-6-13)25-12-17(21)20-11-16(24-4)9-14(20)10-18(22)23/h5-8,14,16H,9-12H2,1-4H3,(H,22,23). The van der Waals surface area contributed by atoms with Gasteiger partial charge < -0.3 is 19.5 Å². The van der Waals surface area contributed by atoms with Crippen molar-refractivity contribution < 1.29 is 24.2 Å². The second-order valence-corrected chi connectivity index (χ2v) is 7.45. The summed E-state index contributed by atoms with van der Waals surface area (Å²) >= 11 is 0. The zero-order valence-electron chi connectivity index (χ0n) is 15.3. The van der Waals surface area contributed by atoms with Gasteiger partial charge in [-0.05, 0) is 29.5 Å². The van der Waals surface area contributed by atoms with Crippen molar-refractivity contribution in [2.24, 2.45) is 0 Å². The monoisotopic (exact) mass is 349 g/mol. The minimum Gasteiger partial charge on any atom is -0.484 e. The minimum atomic E-state index is -0.918. The highest BCUT2D eigenvalue weighted by Crippen LogP contribution is 2.25. The van der Waals surface area contributed by atoms with E-state index in [0.717, 1.165) is 0 Å². The van der Waals surface area contributed by atoms with Gasteiger partial charge in [-0.2, -0.15) is 0 Å². The molecular formula is C19H27NO5. The predicted molar refractivity (Wildman–Crippen MR) is 93.8 cm³/mol. The van der Waals surface area contributed by atoms with Gasteiger partial charge in [0.25, 0.3) is 5.91 Å². The van der Waals surface area contributed by atoms with E-state index < -0.39 is 5.97 Å². The summed E-state index contributed by atoms with van der Waals surface area (Å²) in [5.74, 6) is -0.512. The maximum absolute atomic E-state index is 12.5. The maximum Gasteiger partial charge on any atom is 0.305 e. The van der Waals surface area contributed by atoms with E-state index in [1.807, 2.05) is 24.3 Å². The van der Waals surface area contributed by atoms with E-state index in [0.29, 0.717) is 18.7 Å². The first kappa shape index (κ1) is 19.2. The normalized spacial score (nSPS) is 20.6. The summed E-state index contributed by atoms with van der Waals surface area (Å²) in [4.78, 5) is 25.0. The average molecular weight is 349 g/mol. The molecule has 2 rings (SSSR count). The smallest absolute Gasteiger partial charge is 0.305 e. The topological polar surface area (TPSA) is 76.1 Å². The number of amides is 1. The highest BCUT2D eigenvalue weighted by Gasteiger charge is 2.36. The summed E-state index contributed by atoms with van der Waals surface area (Å²) in [6.45, 7) is 6.69. The van der Waals surface area contributed by atoms with Crippen molar-refractivity contribution in [2.75, 3.05) is 20.3 Å². The van der Waals surface area contributed by atoms with Crippen molar-refractivity contribution >= 4 is 11.9 Å². The number of methoxy groups -OCH3 is 1. The Morgan fingerprint density at radius 1 is 1.24 bits per heavy atom. The van der Waals surface area contributed by atoms with Gasteiger partial charge >= 0.3 is 5.97 Å². The van der Waals surface area contributed by atoms with Crippen LogP contribution in [0.15, 0.2) is 24.3 Å². The highest BCUT2D eigenvalue weighted by molar-refractivity contribution is 5.79. The number of carboxylic acid groups (broad SMARTS) is 1. The molecule has 1 aromatic rings. The third kappa shape index (κ3) is 5.19. The van der Waals surface area contributed by atoms with Crippen LogP contribution in [0.3, 0.4) is 0 Å². The van der Waals surface area contributed by atoms with Gasteiger partial charge in [-0.3, -0.25) is 9.59 Å². The lowest BCUT2D eigenvalue weighted by molar-refractivity contribution is -0.140. The largest absolute Gasteiger partial charge is 0.484 e. The molecule has 0 bridgehead atoms. The molecule has 0 radical (unpaired) electrons. The molecule has 1 saturated heterocycles. The van der Waals surface area contributed by atoms with E-state index in [9.17, 15) is 9.59 Å². The van der Waals surface area contributed by atoms with E-state index in [2.05, 4.69) is 20.8 Å². The second-order valence-electron chi connectivity index (χ2n) is 7.45. The Balaban J connectivity index is 1.95. The molecule has 138 valence electrons. The zero-order chi connectivity index (χ0) is 18.6. The lowest BCUT2D eigenvalue weighted by Crippen LogP contribution is -2.40. The van der Waals surface area contributed by atoms with E-state index in [4.69, 9.17) is 14.6 Å². The van der Waals surface area contributed by atoms with Crippen molar-refractivity contribution in [2.45, 2.75) is 51.2 Å². The van der Waals surface area contributed by atoms with Crippen LogP contribution in [0.1, 0.15) is 39.2 Å². The van der Waals surface area contributed by atoms with Crippen molar-refractivity contribution in [1.82, 2.24) is 4.90 Å². The van der Waals surface area contributed by atoms with Gasteiger partial charge in [-0.1, -0.05) is 32.9 Å². The Hall–Kier alpha value is -2.08. The molecule has 2 atom stereocenters. The molecule has 6 heteroatoms. The molecule has 0 aromatic heterocycles. The SMILES string of the molecule is COC1CC(CC(=O)O)N(C(=O)COc2ccc(C(C)(C)C)cc2)C1. The van der Waals surface area contributed by atoms with Gasteiger partial charge in [0, 0.05) is 19.7 Å². The number of hydrogen-bond donors (Lipinski definition) is 1. The fraction of sp³-hybridized carbons (Fsp3) is 0.579. The Morgan fingerprint density at radius 3 is 2.40 bits per heavy atom. The molecule has 1 N–H and O–H groups in total. The van der Waals surface area contributed by atoms with Gasteiger partial charge in [0.15, 0.2) is 6.61 Å². The first-order chi connectivity index (χ1) is 11.7. The lowest BCUT2D eigenvalue weighted by atomic mass is 9.87. The van der Waals surface area contributed by atoms with Crippen molar-refractivity contribution in [3.63, 3.8) is 0 Å². The Labute approximate surface area is 148 Å². The third-order valence-electron chi connectivity index (χ3n) is 4.52. The number of carbonyl (C=O) groups excluding carboxylic acids is 1. The molecule has 0 saturated carbocycles. The van der Waals surface area contributed by atoms with Gasteiger partial charge in [0.2, 0.25) is 0 Å². The van der Waals surface area contributed by atoms with Crippen molar-refractivity contribution in [3.05, 3.63) is 29.8 Å².